The Morgan fingerprint density at radius 2 is 1.72 bits per heavy atom. The lowest BCUT2D eigenvalue weighted by Crippen LogP contribution is -2.33. The summed E-state index contributed by atoms with van der Waals surface area (Å²) < 4.78 is 5.21. The molecule has 2 aromatic rings. The second kappa shape index (κ2) is 9.44. The number of benzene rings is 2. The van der Waals surface area contributed by atoms with Gasteiger partial charge in [-0.15, -0.1) is 0 Å². The first-order valence-electron chi connectivity index (χ1n) is 7.93. The molecule has 0 aliphatic rings. The highest BCUT2D eigenvalue weighted by molar-refractivity contribution is 5.79. The first-order valence-corrected chi connectivity index (χ1v) is 7.93. The Bertz CT molecular complexity index is 714. The number of ether oxygens (including phenoxy) is 1. The van der Waals surface area contributed by atoms with Crippen LogP contribution in [-0.4, -0.2) is 25.5 Å². The molecule has 6 heteroatoms. The lowest BCUT2D eigenvalue weighted by Gasteiger charge is -2.10. The molecule has 0 aromatic heterocycles. The zero-order chi connectivity index (χ0) is 18.1. The SMILES string of the molecule is COc1ccccc1CNC(=O)CONC(=O)Cc1ccc(C)cc1. The molecule has 132 valence electrons. The van der Waals surface area contributed by atoms with Crippen LogP contribution in [0.4, 0.5) is 0 Å². The predicted molar refractivity (Wildman–Crippen MR) is 93.8 cm³/mol. The van der Waals surface area contributed by atoms with Crippen molar-refractivity contribution in [3.8, 4) is 5.75 Å². The molecular formula is C19H22N2O4. The number of nitrogens with one attached hydrogen (secondary N) is 2. The summed E-state index contributed by atoms with van der Waals surface area (Å²) in [6.07, 6.45) is 0.198. The zero-order valence-corrected chi connectivity index (χ0v) is 14.4. The molecule has 0 aliphatic carbocycles. The molecule has 0 spiro atoms. The number of carbonyl (C=O) groups excluding carboxylic acids is 2. The van der Waals surface area contributed by atoms with E-state index in [1.54, 1.807) is 7.11 Å². The van der Waals surface area contributed by atoms with Crippen molar-refractivity contribution in [2.45, 2.75) is 19.9 Å². The third-order valence-corrected chi connectivity index (χ3v) is 3.54. The lowest BCUT2D eigenvalue weighted by atomic mass is 10.1. The predicted octanol–water partition coefficient (Wildman–Crippen LogP) is 1.91. The second-order valence-corrected chi connectivity index (χ2v) is 5.56. The van der Waals surface area contributed by atoms with E-state index in [9.17, 15) is 9.59 Å². The summed E-state index contributed by atoms with van der Waals surface area (Å²) in [5.41, 5.74) is 5.15. The molecule has 25 heavy (non-hydrogen) atoms. The number of amides is 2. The molecule has 0 saturated heterocycles. The van der Waals surface area contributed by atoms with E-state index in [-0.39, 0.29) is 24.8 Å². The Morgan fingerprint density at radius 3 is 2.44 bits per heavy atom. The highest BCUT2D eigenvalue weighted by Gasteiger charge is 2.07. The smallest absolute Gasteiger partial charge is 0.249 e. The Morgan fingerprint density at radius 1 is 1.00 bits per heavy atom. The molecule has 0 bridgehead atoms. The van der Waals surface area contributed by atoms with Gasteiger partial charge in [0.15, 0.2) is 6.61 Å². The van der Waals surface area contributed by atoms with Crippen LogP contribution in [0.2, 0.25) is 0 Å². The van der Waals surface area contributed by atoms with Gasteiger partial charge in [0.25, 0.3) is 0 Å². The van der Waals surface area contributed by atoms with Crippen LogP contribution in [0.3, 0.4) is 0 Å². The fourth-order valence-corrected chi connectivity index (χ4v) is 2.20. The van der Waals surface area contributed by atoms with Crippen LogP contribution in [0.5, 0.6) is 5.75 Å². The van der Waals surface area contributed by atoms with Gasteiger partial charge in [-0.2, -0.15) is 0 Å². The normalized spacial score (nSPS) is 10.2. The van der Waals surface area contributed by atoms with E-state index < -0.39 is 0 Å². The largest absolute Gasteiger partial charge is 0.496 e. The van der Waals surface area contributed by atoms with Gasteiger partial charge in [0, 0.05) is 12.1 Å². The average Bonchev–Trinajstić information content (AvgIpc) is 2.62. The number of rotatable bonds is 8. The average molecular weight is 342 g/mol. The quantitative estimate of drug-likeness (QED) is 0.719. The molecule has 0 fully saturated rings. The van der Waals surface area contributed by atoms with Crippen LogP contribution in [0.25, 0.3) is 0 Å². The minimum absolute atomic E-state index is 0.198. The molecule has 0 heterocycles. The summed E-state index contributed by atoms with van der Waals surface area (Å²) in [5, 5.41) is 2.71. The summed E-state index contributed by atoms with van der Waals surface area (Å²) >= 11 is 0. The minimum atomic E-state index is -0.332. The Hall–Kier alpha value is -2.86. The molecule has 0 atom stereocenters. The number of methoxy groups -OCH3 is 1. The molecule has 0 saturated carbocycles. The number of hydrogen-bond acceptors (Lipinski definition) is 4. The van der Waals surface area contributed by atoms with Crippen molar-refractivity contribution in [1.29, 1.82) is 0 Å². The van der Waals surface area contributed by atoms with Crippen LogP contribution in [0.1, 0.15) is 16.7 Å². The van der Waals surface area contributed by atoms with Crippen molar-refractivity contribution in [3.05, 3.63) is 65.2 Å². The Kier molecular flexibility index (Phi) is 6.98. The van der Waals surface area contributed by atoms with Crippen LogP contribution in [0, 0.1) is 6.92 Å². The van der Waals surface area contributed by atoms with E-state index in [2.05, 4.69) is 10.8 Å². The molecule has 6 nitrogen and oxygen atoms in total. The zero-order valence-electron chi connectivity index (χ0n) is 14.4. The number of hydroxylamine groups is 1. The maximum Gasteiger partial charge on any atom is 0.249 e. The van der Waals surface area contributed by atoms with Crippen LogP contribution in [-0.2, 0) is 27.4 Å². The van der Waals surface area contributed by atoms with Crippen molar-refractivity contribution in [2.24, 2.45) is 0 Å². The molecule has 2 rings (SSSR count). The second-order valence-electron chi connectivity index (χ2n) is 5.56. The Balaban J connectivity index is 1.68. The number of hydrogen-bond donors (Lipinski definition) is 2. The highest BCUT2D eigenvalue weighted by atomic mass is 16.7. The van der Waals surface area contributed by atoms with E-state index >= 15 is 0 Å². The van der Waals surface area contributed by atoms with Crippen molar-refractivity contribution in [3.63, 3.8) is 0 Å². The minimum Gasteiger partial charge on any atom is -0.496 e. The van der Waals surface area contributed by atoms with E-state index in [1.165, 1.54) is 0 Å². The molecule has 2 aromatic carbocycles. The highest BCUT2D eigenvalue weighted by Crippen LogP contribution is 2.16. The van der Waals surface area contributed by atoms with Crippen molar-refractivity contribution >= 4 is 11.8 Å². The maximum absolute atomic E-state index is 11.8. The fraction of sp³-hybridized carbons (Fsp3) is 0.263. The molecular weight excluding hydrogens is 320 g/mol. The molecule has 2 amide bonds. The van der Waals surface area contributed by atoms with Crippen molar-refractivity contribution in [2.75, 3.05) is 13.7 Å². The number of para-hydroxylation sites is 1. The fourth-order valence-electron chi connectivity index (χ4n) is 2.20. The van der Waals surface area contributed by atoms with Gasteiger partial charge in [0.05, 0.1) is 13.5 Å². The van der Waals surface area contributed by atoms with Gasteiger partial charge in [-0.1, -0.05) is 48.0 Å². The van der Waals surface area contributed by atoms with E-state index in [4.69, 9.17) is 9.57 Å². The van der Waals surface area contributed by atoms with E-state index in [1.807, 2.05) is 55.5 Å². The lowest BCUT2D eigenvalue weighted by molar-refractivity contribution is -0.138. The molecule has 2 N–H and O–H groups in total. The summed E-state index contributed by atoms with van der Waals surface area (Å²) in [7, 11) is 1.58. The van der Waals surface area contributed by atoms with Gasteiger partial charge in [-0.3, -0.25) is 14.4 Å². The van der Waals surface area contributed by atoms with Crippen LogP contribution >= 0.6 is 0 Å². The van der Waals surface area contributed by atoms with E-state index in [0.29, 0.717) is 12.3 Å². The summed E-state index contributed by atoms with van der Waals surface area (Å²) in [6, 6.07) is 15.1. The van der Waals surface area contributed by atoms with Gasteiger partial charge in [0.1, 0.15) is 5.75 Å². The van der Waals surface area contributed by atoms with Crippen LogP contribution in [0.15, 0.2) is 48.5 Å². The maximum atomic E-state index is 11.8. The molecule has 0 radical (unpaired) electrons. The summed E-state index contributed by atoms with van der Waals surface area (Å²) in [6.45, 7) is 2.05. The van der Waals surface area contributed by atoms with Gasteiger partial charge < -0.3 is 10.1 Å². The summed E-state index contributed by atoms with van der Waals surface area (Å²) in [4.78, 5) is 28.5. The van der Waals surface area contributed by atoms with Gasteiger partial charge in [0.2, 0.25) is 11.8 Å². The summed E-state index contributed by atoms with van der Waals surface area (Å²) in [5.74, 6) is 0.0676. The van der Waals surface area contributed by atoms with Gasteiger partial charge >= 0.3 is 0 Å². The third-order valence-electron chi connectivity index (χ3n) is 3.54. The van der Waals surface area contributed by atoms with Crippen LogP contribution < -0.4 is 15.5 Å². The van der Waals surface area contributed by atoms with Gasteiger partial charge in [-0.05, 0) is 18.6 Å². The number of carbonyl (C=O) groups is 2. The first kappa shape index (κ1) is 18.5. The topological polar surface area (TPSA) is 76.7 Å². The van der Waals surface area contributed by atoms with Gasteiger partial charge in [-0.25, -0.2) is 5.48 Å². The van der Waals surface area contributed by atoms with E-state index in [0.717, 1.165) is 16.7 Å². The molecule has 0 unspecified atom stereocenters. The monoisotopic (exact) mass is 342 g/mol. The van der Waals surface area contributed by atoms with Crippen molar-refractivity contribution in [1.82, 2.24) is 10.8 Å². The number of aryl methyl sites for hydroxylation is 1. The molecule has 0 aliphatic heterocycles. The van der Waals surface area contributed by atoms with Crippen molar-refractivity contribution < 1.29 is 19.2 Å². The third kappa shape index (κ3) is 6.27. The first-order chi connectivity index (χ1) is 12.1. The Labute approximate surface area is 147 Å². The standard InChI is InChI=1S/C19H22N2O4/c1-14-7-9-15(10-8-14)11-18(22)21-25-13-19(23)20-12-16-5-3-4-6-17(16)24-2/h3-10H,11-13H2,1-2H3,(H,20,23)(H,21,22).